The quantitative estimate of drug-likeness (QED) is 0.575. The monoisotopic (exact) mass is 364 g/mol. The first-order chi connectivity index (χ1) is 13.1. The molecule has 27 heavy (non-hydrogen) atoms. The van der Waals surface area contributed by atoms with Crippen LogP contribution in [0.15, 0.2) is 48.5 Å². The number of nitriles is 1. The van der Waals surface area contributed by atoms with Crippen LogP contribution in [-0.4, -0.2) is 32.0 Å². The summed E-state index contributed by atoms with van der Waals surface area (Å²) in [5, 5.41) is 11.4. The number of ketones is 1. The molecule has 0 spiro atoms. The van der Waals surface area contributed by atoms with Crippen molar-refractivity contribution in [2.45, 2.75) is 6.92 Å². The Morgan fingerprint density at radius 2 is 1.89 bits per heavy atom. The highest BCUT2D eigenvalue weighted by Gasteiger charge is 2.08. The van der Waals surface area contributed by atoms with Gasteiger partial charge in [0, 0.05) is 12.1 Å². The Morgan fingerprint density at radius 3 is 2.52 bits per heavy atom. The lowest BCUT2D eigenvalue weighted by molar-refractivity contribution is -0.123. The molecule has 0 heterocycles. The van der Waals surface area contributed by atoms with Crippen molar-refractivity contribution in [1.29, 1.82) is 5.26 Å². The summed E-state index contributed by atoms with van der Waals surface area (Å²) in [4.78, 5) is 23.7. The fourth-order valence-corrected chi connectivity index (χ4v) is 2.28. The summed E-state index contributed by atoms with van der Waals surface area (Å²) >= 11 is 0. The highest BCUT2D eigenvalue weighted by Crippen LogP contribution is 2.28. The van der Waals surface area contributed by atoms with E-state index in [1.165, 1.54) is 13.2 Å². The van der Waals surface area contributed by atoms with Gasteiger partial charge in [-0.3, -0.25) is 9.59 Å². The van der Waals surface area contributed by atoms with Gasteiger partial charge in [0.2, 0.25) is 0 Å². The van der Waals surface area contributed by atoms with E-state index in [1.807, 2.05) is 13.0 Å². The third-order valence-corrected chi connectivity index (χ3v) is 3.65. The Labute approximate surface area is 158 Å². The molecule has 0 bridgehead atoms. The summed E-state index contributed by atoms with van der Waals surface area (Å²) in [7, 11) is 1.50. The van der Waals surface area contributed by atoms with Crippen LogP contribution in [0, 0.1) is 11.3 Å². The van der Waals surface area contributed by atoms with Crippen molar-refractivity contribution in [3.05, 3.63) is 65.2 Å². The second-order valence-electron chi connectivity index (χ2n) is 5.54. The van der Waals surface area contributed by atoms with Gasteiger partial charge in [-0.2, -0.15) is 5.26 Å². The molecule has 0 aliphatic carbocycles. The van der Waals surface area contributed by atoms with Crippen LogP contribution in [-0.2, 0) is 4.79 Å². The minimum absolute atomic E-state index is 0.101. The van der Waals surface area contributed by atoms with Crippen LogP contribution >= 0.6 is 0 Å². The summed E-state index contributed by atoms with van der Waals surface area (Å²) < 4.78 is 10.7. The normalized spacial score (nSPS) is 10.3. The minimum Gasteiger partial charge on any atom is -0.493 e. The molecule has 6 heteroatoms. The van der Waals surface area contributed by atoms with E-state index in [0.717, 1.165) is 5.56 Å². The number of hydrogen-bond donors (Lipinski definition) is 1. The van der Waals surface area contributed by atoms with Crippen molar-refractivity contribution in [3.63, 3.8) is 0 Å². The highest BCUT2D eigenvalue weighted by molar-refractivity contribution is 6.06. The predicted octanol–water partition coefficient (Wildman–Crippen LogP) is 2.98. The number of likely N-dealkylation sites (N-methyl/N-ethyl adjacent to an activating group) is 1. The standard InChI is InChI=1S/C21H20N2O4/c1-3-23-21(25)14-27-19-11-7-15(12-20(19)26-2)6-10-18(24)17-8-4-16(13-22)5-9-17/h4-12H,3,14H2,1-2H3,(H,23,25)/b10-6+. The van der Waals surface area contributed by atoms with Crippen molar-refractivity contribution >= 4 is 17.8 Å². The molecule has 1 N–H and O–H groups in total. The summed E-state index contributed by atoms with van der Waals surface area (Å²) in [6, 6.07) is 13.6. The van der Waals surface area contributed by atoms with E-state index >= 15 is 0 Å². The maximum absolute atomic E-state index is 12.2. The van der Waals surface area contributed by atoms with Gasteiger partial charge in [0.05, 0.1) is 18.7 Å². The lowest BCUT2D eigenvalue weighted by Crippen LogP contribution is -2.28. The highest BCUT2D eigenvalue weighted by atomic mass is 16.5. The van der Waals surface area contributed by atoms with Crippen molar-refractivity contribution in [3.8, 4) is 17.6 Å². The molecule has 0 saturated carbocycles. The van der Waals surface area contributed by atoms with E-state index in [-0.39, 0.29) is 18.3 Å². The largest absolute Gasteiger partial charge is 0.493 e. The number of allylic oxidation sites excluding steroid dienone is 1. The Morgan fingerprint density at radius 1 is 1.15 bits per heavy atom. The first kappa shape index (κ1) is 19.7. The number of methoxy groups -OCH3 is 1. The second-order valence-corrected chi connectivity index (χ2v) is 5.54. The number of amides is 1. The Bertz CT molecular complexity index is 880. The molecule has 0 aliphatic rings. The van der Waals surface area contributed by atoms with E-state index in [1.54, 1.807) is 48.5 Å². The summed E-state index contributed by atoms with van der Waals surface area (Å²) in [5.41, 5.74) is 1.75. The van der Waals surface area contributed by atoms with Crippen molar-refractivity contribution in [1.82, 2.24) is 5.32 Å². The molecule has 0 unspecified atom stereocenters. The average molecular weight is 364 g/mol. The predicted molar refractivity (Wildman–Crippen MR) is 102 cm³/mol. The molecule has 1 amide bonds. The van der Waals surface area contributed by atoms with Gasteiger partial charge in [0.1, 0.15) is 0 Å². The van der Waals surface area contributed by atoms with Gasteiger partial charge in [0.25, 0.3) is 5.91 Å². The third-order valence-electron chi connectivity index (χ3n) is 3.65. The van der Waals surface area contributed by atoms with Crippen molar-refractivity contribution in [2.75, 3.05) is 20.3 Å². The fourth-order valence-electron chi connectivity index (χ4n) is 2.28. The van der Waals surface area contributed by atoms with E-state index in [2.05, 4.69) is 5.32 Å². The summed E-state index contributed by atoms with van der Waals surface area (Å²) in [5.74, 6) is 0.526. The third kappa shape index (κ3) is 5.72. The topological polar surface area (TPSA) is 88.4 Å². The molecule has 0 aromatic heterocycles. The number of nitrogens with zero attached hydrogens (tertiary/aromatic N) is 1. The zero-order chi connectivity index (χ0) is 19.6. The number of carbonyl (C=O) groups excluding carboxylic acids is 2. The molecule has 0 fully saturated rings. The second kappa shape index (κ2) is 9.78. The van der Waals surface area contributed by atoms with Crippen LogP contribution in [0.3, 0.4) is 0 Å². The van der Waals surface area contributed by atoms with Gasteiger partial charge in [-0.1, -0.05) is 12.1 Å². The van der Waals surface area contributed by atoms with Gasteiger partial charge < -0.3 is 14.8 Å². The summed E-state index contributed by atoms with van der Waals surface area (Å²) in [6.07, 6.45) is 3.11. The Balaban J connectivity index is 2.07. The first-order valence-electron chi connectivity index (χ1n) is 8.37. The first-order valence-corrected chi connectivity index (χ1v) is 8.37. The van der Waals surface area contributed by atoms with Crippen LogP contribution in [0.2, 0.25) is 0 Å². The molecule has 6 nitrogen and oxygen atoms in total. The van der Waals surface area contributed by atoms with Crippen LogP contribution in [0.4, 0.5) is 0 Å². The van der Waals surface area contributed by atoms with Gasteiger partial charge in [0.15, 0.2) is 23.9 Å². The minimum atomic E-state index is -0.212. The maximum atomic E-state index is 12.2. The van der Waals surface area contributed by atoms with E-state index in [0.29, 0.717) is 29.2 Å². The zero-order valence-corrected chi connectivity index (χ0v) is 15.2. The molecule has 2 aromatic carbocycles. The number of carbonyl (C=O) groups is 2. The Hall–Kier alpha value is -3.59. The molecule has 2 rings (SSSR count). The zero-order valence-electron chi connectivity index (χ0n) is 15.2. The van der Waals surface area contributed by atoms with Gasteiger partial charge >= 0.3 is 0 Å². The van der Waals surface area contributed by atoms with Crippen LogP contribution < -0.4 is 14.8 Å². The molecular weight excluding hydrogens is 344 g/mol. The van der Waals surface area contributed by atoms with Gasteiger partial charge in [-0.15, -0.1) is 0 Å². The molecule has 0 aliphatic heterocycles. The molecule has 0 atom stereocenters. The number of rotatable bonds is 8. The van der Waals surface area contributed by atoms with Crippen molar-refractivity contribution in [2.24, 2.45) is 0 Å². The van der Waals surface area contributed by atoms with Crippen LogP contribution in [0.25, 0.3) is 6.08 Å². The lowest BCUT2D eigenvalue weighted by atomic mass is 10.1. The Kier molecular flexibility index (Phi) is 7.15. The number of hydrogen-bond acceptors (Lipinski definition) is 5. The average Bonchev–Trinajstić information content (AvgIpc) is 2.71. The van der Waals surface area contributed by atoms with Crippen LogP contribution in [0.1, 0.15) is 28.4 Å². The molecule has 0 saturated heterocycles. The molecule has 2 aromatic rings. The van der Waals surface area contributed by atoms with Crippen molar-refractivity contribution < 1.29 is 19.1 Å². The van der Waals surface area contributed by atoms with Gasteiger partial charge in [-0.05, 0) is 55.0 Å². The maximum Gasteiger partial charge on any atom is 0.257 e. The van der Waals surface area contributed by atoms with E-state index < -0.39 is 0 Å². The number of nitrogens with one attached hydrogen (secondary N) is 1. The molecular formula is C21H20N2O4. The molecule has 0 radical (unpaired) electrons. The van der Waals surface area contributed by atoms with Gasteiger partial charge in [-0.25, -0.2) is 0 Å². The summed E-state index contributed by atoms with van der Waals surface area (Å²) in [6.45, 7) is 2.27. The molecule has 138 valence electrons. The lowest BCUT2D eigenvalue weighted by Gasteiger charge is -2.11. The number of ether oxygens (including phenoxy) is 2. The van der Waals surface area contributed by atoms with E-state index in [9.17, 15) is 9.59 Å². The smallest absolute Gasteiger partial charge is 0.257 e. The van der Waals surface area contributed by atoms with Crippen LogP contribution in [0.5, 0.6) is 11.5 Å². The number of benzene rings is 2. The van der Waals surface area contributed by atoms with E-state index in [4.69, 9.17) is 14.7 Å². The fraction of sp³-hybridized carbons (Fsp3) is 0.190. The SMILES string of the molecule is CCNC(=O)COc1ccc(/C=C/C(=O)c2ccc(C#N)cc2)cc1OC.